The standard InChI is InChI=1S/C17H28N2O/c1-14(9-10-18-17(2,3)4)19-11-12-20-16-8-6-5-7-15(16)13-19/h5-8,14,18H,9-13H2,1-4H3. The summed E-state index contributed by atoms with van der Waals surface area (Å²) in [4.78, 5) is 2.52. The Morgan fingerprint density at radius 1 is 1.30 bits per heavy atom. The van der Waals surface area contributed by atoms with Gasteiger partial charge in [0.1, 0.15) is 12.4 Å². The minimum atomic E-state index is 0.203. The lowest BCUT2D eigenvalue weighted by Gasteiger charge is -2.29. The van der Waals surface area contributed by atoms with E-state index >= 15 is 0 Å². The molecule has 1 aromatic carbocycles. The third-order valence-corrected chi connectivity index (χ3v) is 3.82. The van der Waals surface area contributed by atoms with Crippen LogP contribution in [-0.4, -0.2) is 36.2 Å². The number of hydrogen-bond donors (Lipinski definition) is 1. The van der Waals surface area contributed by atoms with Gasteiger partial charge in [0.05, 0.1) is 0 Å². The Morgan fingerprint density at radius 2 is 2.05 bits per heavy atom. The molecule has 0 saturated carbocycles. The SMILES string of the molecule is CC(CCNC(C)(C)C)N1CCOc2ccccc2C1. The van der Waals surface area contributed by atoms with Crippen LogP contribution >= 0.6 is 0 Å². The second-order valence-corrected chi connectivity index (χ2v) is 6.74. The molecule has 1 N–H and O–H groups in total. The van der Waals surface area contributed by atoms with Crippen LogP contribution in [0.15, 0.2) is 24.3 Å². The fourth-order valence-electron chi connectivity index (χ4n) is 2.56. The molecule has 1 atom stereocenters. The first-order chi connectivity index (χ1) is 9.46. The second-order valence-electron chi connectivity index (χ2n) is 6.74. The van der Waals surface area contributed by atoms with Crippen molar-refractivity contribution in [1.82, 2.24) is 10.2 Å². The Kier molecular flexibility index (Phi) is 5.06. The molecule has 1 aliphatic heterocycles. The molecule has 0 aromatic heterocycles. The summed E-state index contributed by atoms with van der Waals surface area (Å²) in [5.74, 6) is 1.05. The Morgan fingerprint density at radius 3 is 2.80 bits per heavy atom. The molecule has 0 saturated heterocycles. The Labute approximate surface area is 123 Å². The molecule has 3 nitrogen and oxygen atoms in total. The van der Waals surface area contributed by atoms with Crippen molar-refractivity contribution in [3.05, 3.63) is 29.8 Å². The molecule has 1 unspecified atom stereocenters. The van der Waals surface area contributed by atoms with Crippen LogP contribution in [0.2, 0.25) is 0 Å². The minimum absolute atomic E-state index is 0.203. The molecule has 1 aliphatic rings. The zero-order valence-electron chi connectivity index (χ0n) is 13.3. The summed E-state index contributed by atoms with van der Waals surface area (Å²) in [7, 11) is 0. The molecule has 2 rings (SSSR count). The van der Waals surface area contributed by atoms with Crippen LogP contribution in [-0.2, 0) is 6.54 Å². The van der Waals surface area contributed by atoms with Crippen LogP contribution in [0.5, 0.6) is 5.75 Å². The number of hydrogen-bond acceptors (Lipinski definition) is 3. The van der Waals surface area contributed by atoms with Gasteiger partial charge in [0.25, 0.3) is 0 Å². The van der Waals surface area contributed by atoms with Crippen molar-refractivity contribution in [2.75, 3.05) is 19.7 Å². The fraction of sp³-hybridized carbons (Fsp3) is 0.647. The molecule has 0 radical (unpaired) electrons. The summed E-state index contributed by atoms with van der Waals surface area (Å²) in [6, 6.07) is 8.96. The first-order valence-electron chi connectivity index (χ1n) is 7.65. The lowest BCUT2D eigenvalue weighted by atomic mass is 10.1. The quantitative estimate of drug-likeness (QED) is 0.915. The highest BCUT2D eigenvalue weighted by Gasteiger charge is 2.19. The highest BCUT2D eigenvalue weighted by molar-refractivity contribution is 5.33. The molecular weight excluding hydrogens is 248 g/mol. The Hall–Kier alpha value is -1.06. The third kappa shape index (κ3) is 4.50. The molecule has 0 amide bonds. The average molecular weight is 276 g/mol. The Bertz CT molecular complexity index is 425. The number of nitrogens with zero attached hydrogens (tertiary/aromatic N) is 1. The number of rotatable bonds is 4. The third-order valence-electron chi connectivity index (χ3n) is 3.82. The lowest BCUT2D eigenvalue weighted by molar-refractivity contribution is 0.169. The van der Waals surface area contributed by atoms with Gasteiger partial charge in [-0.25, -0.2) is 0 Å². The monoisotopic (exact) mass is 276 g/mol. The van der Waals surface area contributed by atoms with Gasteiger partial charge in [-0.05, 0) is 46.7 Å². The van der Waals surface area contributed by atoms with E-state index in [-0.39, 0.29) is 5.54 Å². The number of benzene rings is 1. The van der Waals surface area contributed by atoms with Crippen LogP contribution in [0.4, 0.5) is 0 Å². The van der Waals surface area contributed by atoms with Crippen molar-refractivity contribution in [2.45, 2.75) is 52.2 Å². The van der Waals surface area contributed by atoms with E-state index in [9.17, 15) is 0 Å². The maximum Gasteiger partial charge on any atom is 0.123 e. The minimum Gasteiger partial charge on any atom is -0.492 e. The van der Waals surface area contributed by atoms with Crippen molar-refractivity contribution in [2.24, 2.45) is 0 Å². The number of para-hydroxylation sites is 1. The van der Waals surface area contributed by atoms with Gasteiger partial charge >= 0.3 is 0 Å². The first-order valence-corrected chi connectivity index (χ1v) is 7.65. The van der Waals surface area contributed by atoms with Crippen molar-refractivity contribution in [3.8, 4) is 5.75 Å². The summed E-state index contributed by atoms with van der Waals surface area (Å²) in [6.07, 6.45) is 1.17. The van der Waals surface area contributed by atoms with Crippen LogP contribution < -0.4 is 10.1 Å². The molecule has 0 fully saturated rings. The maximum absolute atomic E-state index is 5.83. The first kappa shape index (κ1) is 15.3. The summed E-state index contributed by atoms with van der Waals surface area (Å²) in [6.45, 7) is 12.8. The fourth-order valence-corrected chi connectivity index (χ4v) is 2.56. The van der Waals surface area contributed by atoms with Crippen LogP contribution in [0.25, 0.3) is 0 Å². The van der Waals surface area contributed by atoms with Crippen molar-refractivity contribution in [1.29, 1.82) is 0 Å². The Balaban J connectivity index is 1.89. The highest BCUT2D eigenvalue weighted by Crippen LogP contribution is 2.23. The van der Waals surface area contributed by atoms with Gasteiger partial charge in [0.15, 0.2) is 0 Å². The van der Waals surface area contributed by atoms with Gasteiger partial charge in [0, 0.05) is 30.2 Å². The largest absolute Gasteiger partial charge is 0.492 e. The van der Waals surface area contributed by atoms with E-state index in [2.05, 4.69) is 56.1 Å². The second kappa shape index (κ2) is 6.59. The molecule has 20 heavy (non-hydrogen) atoms. The maximum atomic E-state index is 5.83. The molecule has 0 bridgehead atoms. The van der Waals surface area contributed by atoms with Crippen LogP contribution in [0.3, 0.4) is 0 Å². The summed E-state index contributed by atoms with van der Waals surface area (Å²) >= 11 is 0. The number of ether oxygens (including phenoxy) is 1. The van der Waals surface area contributed by atoms with Gasteiger partial charge in [-0.15, -0.1) is 0 Å². The van der Waals surface area contributed by atoms with Gasteiger partial charge in [0.2, 0.25) is 0 Å². The van der Waals surface area contributed by atoms with E-state index in [0.717, 1.165) is 32.0 Å². The predicted molar refractivity (Wildman–Crippen MR) is 84.2 cm³/mol. The highest BCUT2D eigenvalue weighted by atomic mass is 16.5. The van der Waals surface area contributed by atoms with E-state index < -0.39 is 0 Å². The molecule has 1 heterocycles. The van der Waals surface area contributed by atoms with Crippen molar-refractivity contribution < 1.29 is 4.74 Å². The van der Waals surface area contributed by atoms with Gasteiger partial charge in [-0.2, -0.15) is 0 Å². The van der Waals surface area contributed by atoms with Gasteiger partial charge in [-0.3, -0.25) is 4.90 Å². The van der Waals surface area contributed by atoms with E-state index in [0.29, 0.717) is 6.04 Å². The smallest absolute Gasteiger partial charge is 0.123 e. The van der Waals surface area contributed by atoms with Gasteiger partial charge in [-0.1, -0.05) is 18.2 Å². The number of nitrogens with one attached hydrogen (secondary N) is 1. The lowest BCUT2D eigenvalue weighted by Crippen LogP contribution is -2.41. The summed E-state index contributed by atoms with van der Waals surface area (Å²) in [5.41, 5.74) is 1.51. The summed E-state index contributed by atoms with van der Waals surface area (Å²) < 4.78 is 5.83. The summed E-state index contributed by atoms with van der Waals surface area (Å²) in [5, 5.41) is 3.57. The van der Waals surface area contributed by atoms with Crippen molar-refractivity contribution in [3.63, 3.8) is 0 Å². The molecule has 3 heteroatoms. The topological polar surface area (TPSA) is 24.5 Å². The van der Waals surface area contributed by atoms with E-state index in [1.807, 2.05) is 6.07 Å². The molecule has 0 spiro atoms. The normalized spacial score (nSPS) is 18.0. The van der Waals surface area contributed by atoms with E-state index in [4.69, 9.17) is 4.74 Å². The molecular formula is C17H28N2O. The van der Waals surface area contributed by atoms with Gasteiger partial charge < -0.3 is 10.1 Å². The average Bonchev–Trinajstić information content (AvgIpc) is 2.59. The van der Waals surface area contributed by atoms with Crippen molar-refractivity contribution >= 4 is 0 Å². The molecule has 0 aliphatic carbocycles. The van der Waals surface area contributed by atoms with Crippen LogP contribution in [0.1, 0.15) is 39.7 Å². The molecule has 112 valence electrons. The zero-order chi connectivity index (χ0) is 14.6. The molecule has 1 aromatic rings. The number of fused-ring (bicyclic) bond motifs is 1. The van der Waals surface area contributed by atoms with Crippen LogP contribution in [0, 0.1) is 0 Å². The van der Waals surface area contributed by atoms with E-state index in [1.165, 1.54) is 12.0 Å². The predicted octanol–water partition coefficient (Wildman–Crippen LogP) is 3.05. The van der Waals surface area contributed by atoms with E-state index in [1.54, 1.807) is 0 Å². The zero-order valence-corrected chi connectivity index (χ0v) is 13.3.